The van der Waals surface area contributed by atoms with Gasteiger partial charge in [0.1, 0.15) is 0 Å². The predicted octanol–water partition coefficient (Wildman–Crippen LogP) is 4.05. The van der Waals surface area contributed by atoms with Gasteiger partial charge < -0.3 is 5.32 Å². The second-order valence-electron chi connectivity index (χ2n) is 4.78. The number of hydrogen-bond acceptors (Lipinski definition) is 4. The van der Waals surface area contributed by atoms with E-state index in [0.29, 0.717) is 0 Å². The maximum atomic E-state index is 12.7. The van der Waals surface area contributed by atoms with Gasteiger partial charge >= 0.3 is 0 Å². The summed E-state index contributed by atoms with van der Waals surface area (Å²) >= 11 is 11.5. The minimum atomic E-state index is -0.617. The number of halogens is 2. The standard InChI is InChI=1S/C16H12Cl2N2O4/c17-8-7-15(21)19-14-6-5-10(20(23)24)9-12(14)16(22)11-3-1-2-4-13(11)18/h1-6,9H,7-8H2,(H,19,21). The first kappa shape index (κ1) is 17.9. The van der Waals surface area contributed by atoms with Gasteiger partial charge in [-0.15, -0.1) is 11.6 Å². The zero-order valence-electron chi connectivity index (χ0n) is 12.3. The van der Waals surface area contributed by atoms with Gasteiger partial charge in [0.15, 0.2) is 5.78 Å². The summed E-state index contributed by atoms with van der Waals surface area (Å²) in [5.41, 5.74) is 0.0779. The lowest BCUT2D eigenvalue weighted by atomic mass is 10.0. The van der Waals surface area contributed by atoms with Crippen molar-refractivity contribution in [3.8, 4) is 0 Å². The fraction of sp³-hybridized carbons (Fsp3) is 0.125. The third-order valence-corrected chi connectivity index (χ3v) is 3.69. The van der Waals surface area contributed by atoms with Gasteiger partial charge in [0.2, 0.25) is 5.91 Å². The van der Waals surface area contributed by atoms with Crippen LogP contribution in [0.15, 0.2) is 42.5 Å². The molecule has 0 heterocycles. The molecule has 0 aliphatic heterocycles. The molecule has 0 bridgehead atoms. The average Bonchev–Trinajstić information content (AvgIpc) is 2.55. The number of carbonyl (C=O) groups is 2. The maximum absolute atomic E-state index is 12.7. The Balaban J connectivity index is 2.50. The molecule has 0 spiro atoms. The number of nitrogens with zero attached hydrogens (tertiary/aromatic N) is 1. The van der Waals surface area contributed by atoms with Gasteiger partial charge in [-0.05, 0) is 18.2 Å². The zero-order chi connectivity index (χ0) is 17.7. The largest absolute Gasteiger partial charge is 0.325 e. The fourth-order valence-corrected chi connectivity index (χ4v) is 2.42. The molecule has 6 nitrogen and oxygen atoms in total. The molecule has 0 atom stereocenters. The van der Waals surface area contributed by atoms with Crippen LogP contribution in [0.1, 0.15) is 22.3 Å². The van der Waals surface area contributed by atoms with Crippen LogP contribution in [-0.2, 0) is 4.79 Å². The Morgan fingerprint density at radius 2 is 1.83 bits per heavy atom. The summed E-state index contributed by atoms with van der Waals surface area (Å²) in [5.74, 6) is -0.801. The van der Waals surface area contributed by atoms with Gasteiger partial charge in [-0.1, -0.05) is 23.7 Å². The molecule has 2 aromatic rings. The van der Waals surface area contributed by atoms with Gasteiger partial charge in [-0.3, -0.25) is 19.7 Å². The first-order valence-corrected chi connectivity index (χ1v) is 7.78. The van der Waals surface area contributed by atoms with Crippen molar-refractivity contribution in [2.24, 2.45) is 0 Å². The quantitative estimate of drug-likeness (QED) is 0.361. The van der Waals surface area contributed by atoms with E-state index in [1.54, 1.807) is 12.1 Å². The molecular formula is C16H12Cl2N2O4. The van der Waals surface area contributed by atoms with E-state index >= 15 is 0 Å². The third-order valence-electron chi connectivity index (χ3n) is 3.17. The smallest absolute Gasteiger partial charge is 0.270 e. The van der Waals surface area contributed by atoms with Gasteiger partial charge in [0, 0.05) is 30.0 Å². The van der Waals surface area contributed by atoms with E-state index in [1.165, 1.54) is 24.3 Å². The van der Waals surface area contributed by atoms with Crippen molar-refractivity contribution in [2.75, 3.05) is 11.2 Å². The number of nitro benzene ring substituents is 1. The first-order valence-electron chi connectivity index (χ1n) is 6.87. The zero-order valence-corrected chi connectivity index (χ0v) is 13.8. The minimum absolute atomic E-state index is 0.0137. The number of nitro groups is 1. The molecule has 1 N–H and O–H groups in total. The highest BCUT2D eigenvalue weighted by molar-refractivity contribution is 6.35. The van der Waals surface area contributed by atoms with Crippen LogP contribution in [-0.4, -0.2) is 22.5 Å². The average molecular weight is 367 g/mol. The van der Waals surface area contributed by atoms with Crippen molar-refractivity contribution >= 4 is 46.3 Å². The van der Waals surface area contributed by atoms with Crippen molar-refractivity contribution < 1.29 is 14.5 Å². The van der Waals surface area contributed by atoms with Crippen molar-refractivity contribution in [1.82, 2.24) is 0 Å². The lowest BCUT2D eigenvalue weighted by Crippen LogP contribution is -2.15. The molecule has 24 heavy (non-hydrogen) atoms. The summed E-state index contributed by atoms with van der Waals surface area (Å²) < 4.78 is 0. The van der Waals surface area contributed by atoms with Crippen molar-refractivity contribution in [2.45, 2.75) is 6.42 Å². The van der Waals surface area contributed by atoms with E-state index in [1.807, 2.05) is 0 Å². The van der Waals surface area contributed by atoms with Gasteiger partial charge in [0.05, 0.1) is 21.2 Å². The molecular weight excluding hydrogens is 355 g/mol. The SMILES string of the molecule is O=C(CCCl)Nc1ccc([N+](=O)[O-])cc1C(=O)c1ccccc1Cl. The molecule has 0 unspecified atom stereocenters. The molecule has 0 saturated heterocycles. The van der Waals surface area contributed by atoms with E-state index in [9.17, 15) is 19.7 Å². The lowest BCUT2D eigenvalue weighted by molar-refractivity contribution is -0.384. The highest BCUT2D eigenvalue weighted by atomic mass is 35.5. The number of ketones is 1. The van der Waals surface area contributed by atoms with E-state index in [2.05, 4.69) is 5.32 Å². The van der Waals surface area contributed by atoms with Crippen molar-refractivity contribution in [1.29, 1.82) is 0 Å². The Morgan fingerprint density at radius 1 is 1.12 bits per heavy atom. The second kappa shape index (κ2) is 7.90. The van der Waals surface area contributed by atoms with E-state index in [4.69, 9.17) is 23.2 Å². The number of benzene rings is 2. The highest BCUT2D eigenvalue weighted by Gasteiger charge is 2.21. The molecule has 0 aliphatic carbocycles. The number of non-ortho nitro benzene ring substituents is 1. The molecule has 2 rings (SSSR count). The van der Waals surface area contributed by atoms with E-state index in [0.717, 1.165) is 6.07 Å². The van der Waals surface area contributed by atoms with Crippen LogP contribution in [0.25, 0.3) is 0 Å². The van der Waals surface area contributed by atoms with Crippen LogP contribution in [0.3, 0.4) is 0 Å². The Hall–Kier alpha value is -2.44. The van der Waals surface area contributed by atoms with Gasteiger partial charge in [-0.25, -0.2) is 0 Å². The Labute approximate surface area is 147 Å². The molecule has 2 aromatic carbocycles. The topological polar surface area (TPSA) is 89.3 Å². The number of anilines is 1. The monoisotopic (exact) mass is 366 g/mol. The number of alkyl halides is 1. The molecule has 0 fully saturated rings. The number of hydrogen-bond donors (Lipinski definition) is 1. The number of amides is 1. The van der Waals surface area contributed by atoms with Gasteiger partial charge in [0.25, 0.3) is 5.69 Å². The molecule has 1 amide bonds. The normalized spacial score (nSPS) is 10.2. The highest BCUT2D eigenvalue weighted by Crippen LogP contribution is 2.27. The van der Waals surface area contributed by atoms with Crippen LogP contribution in [0.2, 0.25) is 5.02 Å². The van der Waals surface area contributed by atoms with Crippen LogP contribution < -0.4 is 5.32 Å². The lowest BCUT2D eigenvalue weighted by Gasteiger charge is -2.11. The first-order chi connectivity index (χ1) is 11.4. The van der Waals surface area contributed by atoms with Crippen molar-refractivity contribution in [3.63, 3.8) is 0 Å². The number of nitrogens with one attached hydrogen (secondary N) is 1. The minimum Gasteiger partial charge on any atom is -0.325 e. The summed E-state index contributed by atoms with van der Waals surface area (Å²) in [6.07, 6.45) is 0.0538. The number of rotatable bonds is 6. The summed E-state index contributed by atoms with van der Waals surface area (Å²) in [4.78, 5) is 34.8. The molecule has 0 aromatic heterocycles. The molecule has 0 saturated carbocycles. The molecule has 0 radical (unpaired) electrons. The summed E-state index contributed by atoms with van der Waals surface area (Å²) in [7, 11) is 0. The van der Waals surface area contributed by atoms with Crippen LogP contribution in [0.5, 0.6) is 0 Å². The van der Waals surface area contributed by atoms with E-state index in [-0.39, 0.29) is 39.8 Å². The van der Waals surface area contributed by atoms with E-state index < -0.39 is 16.6 Å². The summed E-state index contributed by atoms with van der Waals surface area (Å²) in [6.45, 7) is 0. The third kappa shape index (κ3) is 4.10. The molecule has 124 valence electrons. The van der Waals surface area contributed by atoms with Crippen LogP contribution >= 0.6 is 23.2 Å². The number of carbonyl (C=O) groups excluding carboxylic acids is 2. The second-order valence-corrected chi connectivity index (χ2v) is 5.57. The Morgan fingerprint density at radius 3 is 2.46 bits per heavy atom. The molecule has 0 aliphatic rings. The Bertz CT molecular complexity index is 808. The van der Waals surface area contributed by atoms with Crippen LogP contribution in [0, 0.1) is 10.1 Å². The predicted molar refractivity (Wildman–Crippen MR) is 91.9 cm³/mol. The maximum Gasteiger partial charge on any atom is 0.270 e. The molecule has 8 heteroatoms. The summed E-state index contributed by atoms with van der Waals surface area (Å²) in [5, 5.41) is 13.7. The Kier molecular flexibility index (Phi) is 5.89. The van der Waals surface area contributed by atoms with Crippen molar-refractivity contribution in [3.05, 3.63) is 68.7 Å². The summed E-state index contributed by atoms with van der Waals surface area (Å²) in [6, 6.07) is 9.97. The fourth-order valence-electron chi connectivity index (χ4n) is 2.03. The van der Waals surface area contributed by atoms with Gasteiger partial charge in [-0.2, -0.15) is 0 Å². The van der Waals surface area contributed by atoms with Crippen LogP contribution in [0.4, 0.5) is 11.4 Å².